The number of pyridine rings is 1. The van der Waals surface area contributed by atoms with Crippen molar-refractivity contribution in [3.8, 4) is 5.75 Å². The van der Waals surface area contributed by atoms with Crippen LogP contribution in [0.2, 0.25) is 0 Å². The van der Waals surface area contributed by atoms with Crippen LogP contribution in [0, 0.1) is 0 Å². The molecule has 192 valence electrons. The van der Waals surface area contributed by atoms with E-state index in [4.69, 9.17) is 4.74 Å². The van der Waals surface area contributed by atoms with E-state index in [1.54, 1.807) is 24.3 Å². The van der Waals surface area contributed by atoms with Crippen LogP contribution in [-0.4, -0.2) is 24.8 Å². The fraction of sp³-hybridized carbons (Fsp3) is 0.385. The number of rotatable bonds is 7. The number of carbonyl (C=O) groups is 1. The Morgan fingerprint density at radius 3 is 2.28 bits per heavy atom. The number of hydrogen-bond donors (Lipinski definition) is 1. The van der Waals surface area contributed by atoms with E-state index in [1.807, 2.05) is 36.4 Å². The maximum absolute atomic E-state index is 12.8. The SMILES string of the molecule is O=C(CC1(c2ccc(OCc3ccc4ccccc4n3)cc2)CCCCCC1)NS(=O)(=O)C(F)(F)F. The van der Waals surface area contributed by atoms with Crippen LogP contribution in [0.5, 0.6) is 5.75 Å². The Morgan fingerprint density at radius 2 is 1.61 bits per heavy atom. The molecule has 1 saturated carbocycles. The van der Waals surface area contributed by atoms with Crippen molar-refractivity contribution in [3.63, 3.8) is 0 Å². The smallest absolute Gasteiger partial charge is 0.487 e. The molecule has 0 radical (unpaired) electrons. The van der Waals surface area contributed by atoms with Crippen molar-refractivity contribution in [2.24, 2.45) is 0 Å². The zero-order valence-corrected chi connectivity index (χ0v) is 20.4. The number of para-hydroxylation sites is 1. The first kappa shape index (κ1) is 25.9. The molecule has 1 aromatic heterocycles. The van der Waals surface area contributed by atoms with E-state index in [2.05, 4.69) is 4.98 Å². The molecule has 0 unspecified atom stereocenters. The van der Waals surface area contributed by atoms with Gasteiger partial charge in [0.1, 0.15) is 12.4 Å². The number of aromatic nitrogens is 1. The van der Waals surface area contributed by atoms with E-state index in [0.717, 1.165) is 47.8 Å². The van der Waals surface area contributed by atoms with Crippen molar-refractivity contribution in [2.75, 3.05) is 0 Å². The van der Waals surface area contributed by atoms with Crippen molar-refractivity contribution in [1.29, 1.82) is 0 Å². The first-order chi connectivity index (χ1) is 17.1. The lowest BCUT2D eigenvalue weighted by Gasteiger charge is -2.33. The van der Waals surface area contributed by atoms with Gasteiger partial charge in [0.05, 0.1) is 11.2 Å². The van der Waals surface area contributed by atoms with Gasteiger partial charge in [-0.15, -0.1) is 0 Å². The maximum atomic E-state index is 12.8. The fourth-order valence-corrected chi connectivity index (χ4v) is 5.26. The third-order valence-corrected chi connectivity index (χ3v) is 7.73. The highest BCUT2D eigenvalue weighted by molar-refractivity contribution is 7.90. The Balaban J connectivity index is 1.49. The van der Waals surface area contributed by atoms with Crippen molar-refractivity contribution >= 4 is 26.8 Å². The molecule has 0 spiro atoms. The molecule has 2 aromatic carbocycles. The summed E-state index contributed by atoms with van der Waals surface area (Å²) in [6, 6.07) is 18.8. The van der Waals surface area contributed by atoms with Gasteiger partial charge in [-0.3, -0.25) is 4.79 Å². The normalized spacial score (nSPS) is 16.3. The number of hydrogen-bond acceptors (Lipinski definition) is 5. The van der Waals surface area contributed by atoms with Crippen LogP contribution in [0.1, 0.15) is 56.2 Å². The van der Waals surface area contributed by atoms with Gasteiger partial charge in [0.2, 0.25) is 5.91 Å². The van der Waals surface area contributed by atoms with E-state index in [9.17, 15) is 26.4 Å². The average Bonchev–Trinajstić information content (AvgIpc) is 3.08. The summed E-state index contributed by atoms with van der Waals surface area (Å²) in [4.78, 5) is 17.0. The lowest BCUT2D eigenvalue weighted by molar-refractivity contribution is -0.121. The van der Waals surface area contributed by atoms with Crippen LogP contribution in [0.3, 0.4) is 0 Å². The van der Waals surface area contributed by atoms with Gasteiger partial charge < -0.3 is 4.74 Å². The van der Waals surface area contributed by atoms with Gasteiger partial charge in [0, 0.05) is 17.2 Å². The number of fused-ring (bicyclic) bond motifs is 1. The van der Waals surface area contributed by atoms with E-state index >= 15 is 0 Å². The maximum Gasteiger partial charge on any atom is 0.516 e. The minimum atomic E-state index is -5.75. The second-order valence-electron chi connectivity index (χ2n) is 9.15. The Bertz CT molecular complexity index is 1320. The highest BCUT2D eigenvalue weighted by Crippen LogP contribution is 2.42. The Morgan fingerprint density at radius 1 is 0.944 bits per heavy atom. The molecule has 6 nitrogen and oxygen atoms in total. The first-order valence-electron chi connectivity index (χ1n) is 11.8. The minimum Gasteiger partial charge on any atom is -0.487 e. The molecular formula is C26H27F3N2O4S. The second kappa shape index (κ2) is 10.5. The second-order valence-corrected chi connectivity index (χ2v) is 10.8. The summed E-state index contributed by atoms with van der Waals surface area (Å²) in [7, 11) is -5.75. The van der Waals surface area contributed by atoms with Crippen molar-refractivity contribution in [3.05, 3.63) is 71.9 Å². The first-order valence-corrected chi connectivity index (χ1v) is 13.3. The van der Waals surface area contributed by atoms with Gasteiger partial charge in [0.25, 0.3) is 0 Å². The number of ether oxygens (including phenoxy) is 1. The fourth-order valence-electron chi connectivity index (χ4n) is 4.77. The van der Waals surface area contributed by atoms with Gasteiger partial charge in [0.15, 0.2) is 0 Å². The molecule has 3 aromatic rings. The Kier molecular flexibility index (Phi) is 7.54. The lowest BCUT2D eigenvalue weighted by Crippen LogP contribution is -2.43. The molecule has 0 saturated heterocycles. The monoisotopic (exact) mass is 520 g/mol. The summed E-state index contributed by atoms with van der Waals surface area (Å²) in [5.74, 6) is -0.571. The Labute approximate surface area is 207 Å². The highest BCUT2D eigenvalue weighted by Gasteiger charge is 2.48. The molecule has 1 aliphatic carbocycles. The number of carbonyl (C=O) groups excluding carboxylic acids is 1. The zero-order chi connectivity index (χ0) is 25.8. The van der Waals surface area contributed by atoms with E-state index in [1.165, 1.54) is 4.72 Å². The molecule has 1 aliphatic rings. The van der Waals surface area contributed by atoms with E-state index < -0.39 is 26.9 Å². The molecule has 36 heavy (non-hydrogen) atoms. The summed E-state index contributed by atoms with van der Waals surface area (Å²) in [5, 5.41) is 1.03. The largest absolute Gasteiger partial charge is 0.516 e. The van der Waals surface area contributed by atoms with Crippen molar-refractivity contribution < 1.29 is 31.1 Å². The molecule has 0 atom stereocenters. The summed E-state index contributed by atoms with van der Waals surface area (Å²) in [5.41, 5.74) is -3.88. The molecule has 4 rings (SSSR count). The van der Waals surface area contributed by atoms with Crippen LogP contribution < -0.4 is 9.46 Å². The lowest BCUT2D eigenvalue weighted by atomic mass is 9.71. The highest BCUT2D eigenvalue weighted by atomic mass is 32.2. The van der Waals surface area contributed by atoms with E-state index in [0.29, 0.717) is 18.6 Å². The number of alkyl halides is 3. The average molecular weight is 521 g/mol. The molecule has 1 fully saturated rings. The number of nitrogens with zero attached hydrogens (tertiary/aromatic N) is 1. The molecule has 1 heterocycles. The van der Waals surface area contributed by atoms with Gasteiger partial charge in [-0.05, 0) is 42.7 Å². The number of amides is 1. The molecule has 1 N–H and O–H groups in total. The van der Waals surface area contributed by atoms with Gasteiger partial charge in [-0.2, -0.15) is 21.6 Å². The third kappa shape index (κ3) is 5.98. The Hall–Kier alpha value is -3.14. The van der Waals surface area contributed by atoms with Crippen LogP contribution in [0.15, 0.2) is 60.7 Å². The van der Waals surface area contributed by atoms with Crippen LogP contribution in [0.25, 0.3) is 10.9 Å². The summed E-state index contributed by atoms with van der Waals surface area (Å²) in [6.45, 7) is 0.257. The molecule has 1 amide bonds. The number of benzene rings is 2. The quantitative estimate of drug-likeness (QED) is 0.400. The summed E-state index contributed by atoms with van der Waals surface area (Å²) in [6.07, 6.45) is 4.30. The minimum absolute atomic E-state index is 0.257. The summed E-state index contributed by atoms with van der Waals surface area (Å²) >= 11 is 0. The third-order valence-electron chi connectivity index (χ3n) is 6.62. The van der Waals surface area contributed by atoms with Crippen LogP contribution in [0.4, 0.5) is 13.2 Å². The molecule has 0 bridgehead atoms. The number of nitrogens with one attached hydrogen (secondary N) is 1. The van der Waals surface area contributed by atoms with Gasteiger partial charge in [-0.1, -0.05) is 62.1 Å². The van der Waals surface area contributed by atoms with Gasteiger partial charge >= 0.3 is 15.5 Å². The predicted octanol–water partition coefficient (Wildman–Crippen LogP) is 5.76. The number of sulfonamides is 1. The zero-order valence-electron chi connectivity index (χ0n) is 19.6. The van der Waals surface area contributed by atoms with Crippen molar-refractivity contribution in [1.82, 2.24) is 9.71 Å². The van der Waals surface area contributed by atoms with Crippen LogP contribution >= 0.6 is 0 Å². The topological polar surface area (TPSA) is 85.4 Å². The summed E-state index contributed by atoms with van der Waals surface area (Å²) < 4.78 is 68.2. The standard InChI is InChI=1S/C26H27F3N2O4S/c27-26(28,29)36(33,34)31-24(32)17-25(15-5-1-2-6-16-25)20-10-13-22(14-11-20)35-18-21-12-9-19-7-3-4-8-23(19)30-21/h3-4,7-14H,1-2,5-6,15-18H2,(H,31,32). The van der Waals surface area contributed by atoms with Crippen molar-refractivity contribution in [2.45, 2.75) is 62.5 Å². The van der Waals surface area contributed by atoms with E-state index in [-0.39, 0.29) is 13.0 Å². The molecule has 0 aliphatic heterocycles. The predicted molar refractivity (Wildman–Crippen MR) is 130 cm³/mol. The number of halogens is 3. The van der Waals surface area contributed by atoms with Gasteiger partial charge in [-0.25, -0.2) is 9.71 Å². The molecular weight excluding hydrogens is 493 g/mol. The molecule has 10 heteroatoms. The van der Waals surface area contributed by atoms with Crippen LogP contribution in [-0.2, 0) is 26.8 Å².